The van der Waals surface area contributed by atoms with Crippen LogP contribution in [0.2, 0.25) is 0 Å². The molecule has 0 spiro atoms. The molecule has 54 heavy (non-hydrogen) atoms. The predicted octanol–water partition coefficient (Wildman–Crippen LogP) is 10.7. The molecular formula is C48H40N6. The molecule has 1 N–H and O–H groups in total. The molecule has 1 saturated carbocycles. The van der Waals surface area contributed by atoms with Gasteiger partial charge in [0.25, 0.3) is 0 Å². The molecule has 1 fully saturated rings. The molecule has 0 unspecified atom stereocenters. The average Bonchev–Trinajstić information content (AvgIpc) is 3.27. The summed E-state index contributed by atoms with van der Waals surface area (Å²) in [5.74, 6) is 0. The van der Waals surface area contributed by atoms with Gasteiger partial charge in [-0.05, 0) is 113 Å². The van der Waals surface area contributed by atoms with Crippen LogP contribution < -0.4 is 5.32 Å². The fourth-order valence-corrected chi connectivity index (χ4v) is 7.97. The summed E-state index contributed by atoms with van der Waals surface area (Å²) in [6.45, 7) is 0.787. The summed E-state index contributed by atoms with van der Waals surface area (Å²) in [7, 11) is 0. The first kappa shape index (κ1) is 33.3. The largest absolute Gasteiger partial charge is 0.380 e. The summed E-state index contributed by atoms with van der Waals surface area (Å²) >= 11 is 0. The predicted molar refractivity (Wildman–Crippen MR) is 218 cm³/mol. The van der Waals surface area contributed by atoms with E-state index in [2.05, 4.69) is 111 Å². The highest BCUT2D eigenvalue weighted by Crippen LogP contribution is 2.46. The number of dihydropyridines is 1. The highest BCUT2D eigenvalue weighted by atomic mass is 14.9. The highest BCUT2D eigenvalue weighted by Gasteiger charge is 2.35. The van der Waals surface area contributed by atoms with Crippen LogP contribution in [-0.4, -0.2) is 31.5 Å². The fourth-order valence-electron chi connectivity index (χ4n) is 7.97. The van der Waals surface area contributed by atoms with Gasteiger partial charge in [-0.3, -0.25) is 15.0 Å². The molecule has 0 atom stereocenters. The third-order valence-electron chi connectivity index (χ3n) is 10.8. The van der Waals surface area contributed by atoms with E-state index in [0.29, 0.717) is 0 Å². The van der Waals surface area contributed by atoms with E-state index in [1.165, 1.54) is 30.4 Å². The van der Waals surface area contributed by atoms with Crippen LogP contribution >= 0.6 is 0 Å². The van der Waals surface area contributed by atoms with Crippen molar-refractivity contribution in [3.63, 3.8) is 0 Å². The van der Waals surface area contributed by atoms with E-state index in [-0.39, 0.29) is 5.41 Å². The minimum absolute atomic E-state index is 0.0442. The number of benzene rings is 2. The molecule has 5 aromatic heterocycles. The second kappa shape index (κ2) is 14.8. The summed E-state index contributed by atoms with van der Waals surface area (Å²) < 4.78 is 0. The minimum atomic E-state index is -0.0442. The molecule has 262 valence electrons. The summed E-state index contributed by atoms with van der Waals surface area (Å²) in [6, 6.07) is 45.0. The van der Waals surface area contributed by atoms with Gasteiger partial charge in [-0.2, -0.15) is 0 Å². The zero-order valence-electron chi connectivity index (χ0n) is 30.1. The van der Waals surface area contributed by atoms with Crippen LogP contribution in [-0.2, 0) is 5.41 Å². The third kappa shape index (κ3) is 6.74. The van der Waals surface area contributed by atoms with Crippen molar-refractivity contribution in [3.8, 4) is 56.4 Å². The maximum Gasteiger partial charge on any atom is 0.0900 e. The van der Waals surface area contributed by atoms with Gasteiger partial charge in [0.15, 0.2) is 0 Å². The Kier molecular flexibility index (Phi) is 9.15. The zero-order chi connectivity index (χ0) is 36.2. The summed E-state index contributed by atoms with van der Waals surface area (Å²) in [5.41, 5.74) is 14.2. The molecule has 0 saturated heterocycles. The molecule has 0 radical (unpaired) electrons. The maximum atomic E-state index is 5.03. The first-order valence-corrected chi connectivity index (χ1v) is 18.8. The number of hydrogen-bond donors (Lipinski definition) is 1. The van der Waals surface area contributed by atoms with Gasteiger partial charge in [-0.25, -0.2) is 9.97 Å². The Morgan fingerprint density at radius 2 is 0.907 bits per heavy atom. The normalized spacial score (nSPS) is 14.9. The molecule has 2 aromatic carbocycles. The van der Waals surface area contributed by atoms with Gasteiger partial charge in [-0.1, -0.05) is 98.1 Å². The van der Waals surface area contributed by atoms with Gasteiger partial charge < -0.3 is 5.32 Å². The second-order valence-corrected chi connectivity index (χ2v) is 14.1. The van der Waals surface area contributed by atoms with Gasteiger partial charge in [0.05, 0.1) is 45.6 Å². The van der Waals surface area contributed by atoms with E-state index in [0.717, 1.165) is 87.2 Å². The van der Waals surface area contributed by atoms with Crippen molar-refractivity contribution in [3.05, 3.63) is 181 Å². The van der Waals surface area contributed by atoms with Crippen LogP contribution in [0.1, 0.15) is 48.9 Å². The Bertz CT molecular complexity index is 2380. The monoisotopic (exact) mass is 700 g/mol. The Hall–Kier alpha value is -6.53. The van der Waals surface area contributed by atoms with E-state index in [4.69, 9.17) is 9.97 Å². The Labute approximate surface area is 316 Å². The molecule has 9 rings (SSSR count). The Morgan fingerprint density at radius 1 is 0.444 bits per heavy atom. The van der Waals surface area contributed by atoms with Crippen LogP contribution in [0.15, 0.2) is 164 Å². The number of hydrogen-bond acceptors (Lipinski definition) is 6. The zero-order valence-corrected chi connectivity index (χ0v) is 30.1. The van der Waals surface area contributed by atoms with Gasteiger partial charge >= 0.3 is 0 Å². The van der Waals surface area contributed by atoms with Crippen LogP contribution in [0.4, 0.5) is 0 Å². The van der Waals surface area contributed by atoms with Crippen LogP contribution in [0, 0.1) is 0 Å². The molecule has 1 aliphatic heterocycles. The van der Waals surface area contributed by atoms with Gasteiger partial charge in [0, 0.05) is 30.6 Å². The van der Waals surface area contributed by atoms with E-state index in [1.807, 2.05) is 73.2 Å². The molecule has 6 heteroatoms. The summed E-state index contributed by atoms with van der Waals surface area (Å²) in [5, 5.41) is 3.49. The molecule has 0 amide bonds. The molecule has 6 heterocycles. The molecule has 2 aliphatic rings. The van der Waals surface area contributed by atoms with Crippen LogP contribution in [0.3, 0.4) is 0 Å². The lowest BCUT2D eigenvalue weighted by atomic mass is 9.65. The SMILES string of the molecule is C1=CCNC(c2cc(-c3ccc(C4(c5ccc(-c6cc(-c7ccccn7)nc(-c7ccccn7)c6)cc5)CCCCC4)cc3)cc(-c3ccccn3)n2)=C1. The lowest BCUT2D eigenvalue weighted by molar-refractivity contribution is 0.346. The smallest absolute Gasteiger partial charge is 0.0900 e. The number of allylic oxidation sites excluding steroid dienone is 2. The summed E-state index contributed by atoms with van der Waals surface area (Å²) in [6.07, 6.45) is 17.7. The fraction of sp³-hybridized carbons (Fsp3) is 0.146. The number of nitrogens with zero attached hydrogens (tertiary/aromatic N) is 5. The van der Waals surface area contributed by atoms with Crippen LogP contribution in [0.5, 0.6) is 0 Å². The molecule has 0 bridgehead atoms. The second-order valence-electron chi connectivity index (χ2n) is 14.1. The molecular weight excluding hydrogens is 661 g/mol. The van der Waals surface area contributed by atoms with Crippen LogP contribution in [0.25, 0.3) is 62.1 Å². The number of pyridine rings is 5. The van der Waals surface area contributed by atoms with Gasteiger partial charge in [0.2, 0.25) is 0 Å². The van der Waals surface area contributed by atoms with Crippen molar-refractivity contribution in [2.45, 2.75) is 37.5 Å². The first-order valence-electron chi connectivity index (χ1n) is 18.8. The van der Waals surface area contributed by atoms with Crippen molar-refractivity contribution < 1.29 is 0 Å². The van der Waals surface area contributed by atoms with Gasteiger partial charge in [-0.15, -0.1) is 0 Å². The summed E-state index contributed by atoms with van der Waals surface area (Å²) in [4.78, 5) is 23.8. The average molecular weight is 701 g/mol. The lowest BCUT2D eigenvalue weighted by Crippen LogP contribution is -2.30. The van der Waals surface area contributed by atoms with E-state index in [9.17, 15) is 0 Å². The van der Waals surface area contributed by atoms with Gasteiger partial charge in [0.1, 0.15) is 0 Å². The number of rotatable bonds is 8. The standard InChI is InChI=1S/C48H40N6/c1-6-24-48(25-7-1,38-20-16-34(17-21-38)36-30-44(40-12-2-8-26-49-40)53-45(31-36)41-13-3-9-27-50-41)39-22-18-35(19-23-39)37-32-46(42-14-4-10-28-51-42)54-47(33-37)43-15-5-11-29-52-43/h2-5,8-23,26-28,30-33,52H,1,6-7,24-25,29H2. The number of aromatic nitrogens is 5. The first-order chi connectivity index (χ1) is 26.7. The van der Waals surface area contributed by atoms with E-state index < -0.39 is 0 Å². The molecule has 1 aliphatic carbocycles. The number of nitrogens with one attached hydrogen (secondary N) is 1. The highest BCUT2D eigenvalue weighted by molar-refractivity contribution is 5.77. The molecule has 7 aromatic rings. The van der Waals surface area contributed by atoms with Crippen molar-refractivity contribution in [2.75, 3.05) is 6.54 Å². The van der Waals surface area contributed by atoms with E-state index in [1.54, 1.807) is 0 Å². The Balaban J connectivity index is 1.07. The van der Waals surface area contributed by atoms with Crippen molar-refractivity contribution in [1.82, 2.24) is 30.2 Å². The topological polar surface area (TPSA) is 76.5 Å². The lowest BCUT2D eigenvalue weighted by Gasteiger charge is -2.39. The quantitative estimate of drug-likeness (QED) is 0.170. The minimum Gasteiger partial charge on any atom is -0.380 e. The van der Waals surface area contributed by atoms with E-state index >= 15 is 0 Å². The Morgan fingerprint density at radius 3 is 1.33 bits per heavy atom. The maximum absolute atomic E-state index is 5.03. The molecule has 6 nitrogen and oxygen atoms in total. The van der Waals surface area contributed by atoms with Crippen molar-refractivity contribution in [1.29, 1.82) is 0 Å². The third-order valence-corrected chi connectivity index (χ3v) is 10.8. The van der Waals surface area contributed by atoms with Crippen molar-refractivity contribution in [2.24, 2.45) is 0 Å². The van der Waals surface area contributed by atoms with Crippen molar-refractivity contribution >= 4 is 5.70 Å².